The van der Waals surface area contributed by atoms with Crippen molar-refractivity contribution >= 4 is 17.7 Å². The van der Waals surface area contributed by atoms with Gasteiger partial charge in [0.25, 0.3) is 5.91 Å². The zero-order valence-corrected chi connectivity index (χ0v) is 13.5. The highest BCUT2D eigenvalue weighted by atomic mass is 19.2. The molecule has 0 unspecified atom stereocenters. The maximum atomic E-state index is 13.2. The molecule has 0 aliphatic carbocycles. The van der Waals surface area contributed by atoms with Crippen LogP contribution in [0.3, 0.4) is 0 Å². The monoisotopic (exact) mass is 342 g/mol. The Morgan fingerprint density at radius 2 is 2.17 bits per heavy atom. The summed E-state index contributed by atoms with van der Waals surface area (Å²) in [7, 11) is 0. The van der Waals surface area contributed by atoms with Crippen LogP contribution in [0.1, 0.15) is 20.3 Å². The lowest BCUT2D eigenvalue weighted by Crippen LogP contribution is -2.49. The molecule has 0 bridgehead atoms. The van der Waals surface area contributed by atoms with E-state index < -0.39 is 35.3 Å². The molecule has 24 heavy (non-hydrogen) atoms. The average Bonchev–Trinajstić information content (AvgIpc) is 2.58. The molecule has 8 nitrogen and oxygen atoms in total. The van der Waals surface area contributed by atoms with Crippen LogP contribution >= 0.6 is 0 Å². The molecule has 9 heteroatoms. The summed E-state index contributed by atoms with van der Waals surface area (Å²) < 4.78 is 28.7. The molecule has 1 N–H and O–H groups in total. The Bertz CT molecular complexity index is 607. The zero-order chi connectivity index (χ0) is 17.7. The van der Waals surface area contributed by atoms with Crippen LogP contribution < -0.4 is 0 Å². The number of rotatable bonds is 4. The molecule has 132 valence electrons. The van der Waals surface area contributed by atoms with Crippen LogP contribution in [0.5, 0.6) is 0 Å². The first-order valence-corrected chi connectivity index (χ1v) is 7.56. The number of allylic oxidation sites excluding steroid dienone is 1. The summed E-state index contributed by atoms with van der Waals surface area (Å²) in [5.41, 5.74) is -0.663. The van der Waals surface area contributed by atoms with E-state index in [-0.39, 0.29) is 18.7 Å². The lowest BCUT2D eigenvalue weighted by molar-refractivity contribution is -0.184. The second-order valence-electron chi connectivity index (χ2n) is 5.00. The van der Waals surface area contributed by atoms with E-state index in [2.05, 4.69) is 5.21 Å². The Morgan fingerprint density at radius 1 is 1.50 bits per heavy atom. The first kappa shape index (κ1) is 18.1. The van der Waals surface area contributed by atoms with Gasteiger partial charge in [-0.05, 0) is 20.3 Å². The van der Waals surface area contributed by atoms with Gasteiger partial charge in [-0.3, -0.25) is 9.69 Å². The molecule has 2 aliphatic rings. The van der Waals surface area contributed by atoms with E-state index >= 15 is 0 Å². The van der Waals surface area contributed by atoms with E-state index in [9.17, 15) is 19.2 Å². The van der Waals surface area contributed by atoms with E-state index in [4.69, 9.17) is 14.2 Å². The Morgan fingerprint density at radius 3 is 2.71 bits per heavy atom. The second-order valence-corrected chi connectivity index (χ2v) is 5.00. The van der Waals surface area contributed by atoms with Crippen molar-refractivity contribution in [2.24, 2.45) is 5.21 Å². The second kappa shape index (κ2) is 8.02. The molecule has 0 saturated carbocycles. The number of carbonyl (C=O) groups excluding carboxylic acids is 2. The topological polar surface area (TPSA) is 97.7 Å². The van der Waals surface area contributed by atoms with Gasteiger partial charge in [-0.25, -0.2) is 4.79 Å². The first-order valence-electron chi connectivity index (χ1n) is 7.56. The maximum absolute atomic E-state index is 13.2. The molecule has 0 radical (unpaired) electrons. The number of hydrogen-bond acceptors (Lipinski definition) is 7. The summed E-state index contributed by atoms with van der Waals surface area (Å²) >= 11 is 0. The summed E-state index contributed by atoms with van der Waals surface area (Å²) in [5, 5.41) is 12.8. The third kappa shape index (κ3) is 3.46. The minimum atomic E-state index is -0.993. The van der Waals surface area contributed by atoms with Crippen molar-refractivity contribution in [2.75, 3.05) is 26.4 Å². The number of ether oxygens (including phenoxy) is 3. The fourth-order valence-corrected chi connectivity index (χ4v) is 2.42. The van der Waals surface area contributed by atoms with Crippen LogP contribution in [-0.4, -0.2) is 60.4 Å². The highest BCUT2D eigenvalue weighted by molar-refractivity contribution is 6.27. The predicted molar refractivity (Wildman–Crippen MR) is 80.6 cm³/mol. The smallest absolute Gasteiger partial charge is 0.347 e. The van der Waals surface area contributed by atoms with Crippen molar-refractivity contribution in [3.8, 4) is 0 Å². The van der Waals surface area contributed by atoms with Gasteiger partial charge in [0.05, 0.1) is 31.9 Å². The van der Waals surface area contributed by atoms with Crippen LogP contribution in [0.15, 0.2) is 28.2 Å². The average molecular weight is 342 g/mol. The van der Waals surface area contributed by atoms with Gasteiger partial charge < -0.3 is 19.3 Å². The van der Waals surface area contributed by atoms with Gasteiger partial charge in [0.1, 0.15) is 5.76 Å². The van der Waals surface area contributed by atoms with Gasteiger partial charge in [-0.1, -0.05) is 15.8 Å². The Balaban J connectivity index is 2.39. The number of esters is 1. The van der Waals surface area contributed by atoms with Crippen molar-refractivity contribution in [1.82, 2.24) is 4.90 Å². The number of carbonyl (C=O) groups is 2. The first-order chi connectivity index (χ1) is 11.5. The minimum absolute atomic E-state index is 0.0208. The standard InChI is InChI=1S/C15H19FN2O6/c1-3-9-12(19)11(15(21)22-4-2)14(20)18(13(9)17-16)8-10-23-6-5-7-24-10/h3,10,19H,4-8H2,1-2H3/b9-3-,17-13+. The molecule has 0 aromatic rings. The van der Waals surface area contributed by atoms with Crippen molar-refractivity contribution in [1.29, 1.82) is 0 Å². The Kier molecular flexibility index (Phi) is 6.04. The number of aliphatic hydroxyl groups excluding tert-OH is 1. The van der Waals surface area contributed by atoms with Crippen LogP contribution in [0.4, 0.5) is 4.48 Å². The van der Waals surface area contributed by atoms with Gasteiger partial charge in [0.15, 0.2) is 17.7 Å². The third-order valence-corrected chi connectivity index (χ3v) is 3.52. The Hall–Kier alpha value is -2.26. The summed E-state index contributed by atoms with van der Waals surface area (Å²) in [6.45, 7) is 3.81. The van der Waals surface area contributed by atoms with Crippen molar-refractivity contribution in [3.63, 3.8) is 0 Å². The molecule has 0 aromatic heterocycles. The summed E-state index contributed by atoms with van der Waals surface area (Å²) in [4.78, 5) is 25.5. The van der Waals surface area contributed by atoms with Gasteiger partial charge in [0, 0.05) is 0 Å². The number of nitrogens with zero attached hydrogens (tertiary/aromatic N) is 2. The fourth-order valence-electron chi connectivity index (χ4n) is 2.42. The van der Waals surface area contributed by atoms with Crippen LogP contribution in [-0.2, 0) is 23.8 Å². The van der Waals surface area contributed by atoms with E-state index in [1.807, 2.05) is 0 Å². The molecular formula is C15H19FN2O6. The molecule has 2 rings (SSSR count). The van der Waals surface area contributed by atoms with Gasteiger partial charge >= 0.3 is 5.97 Å². The highest BCUT2D eigenvalue weighted by Crippen LogP contribution is 2.27. The number of aliphatic hydroxyl groups is 1. The SMILES string of the molecule is C/C=C1/C(O)=C(C(=O)OCC)C(=O)N(CC2OCCCO2)/C1=N/F. The minimum Gasteiger partial charge on any atom is -0.506 e. The van der Waals surface area contributed by atoms with E-state index in [1.165, 1.54) is 13.0 Å². The molecule has 2 aliphatic heterocycles. The zero-order valence-electron chi connectivity index (χ0n) is 13.5. The predicted octanol–water partition coefficient (Wildman–Crippen LogP) is 1.20. The number of halogens is 1. The number of hydrogen-bond donors (Lipinski definition) is 1. The largest absolute Gasteiger partial charge is 0.506 e. The molecule has 0 atom stereocenters. The summed E-state index contributed by atoms with van der Waals surface area (Å²) in [6.07, 6.45) is 1.28. The Labute approximate surface area is 138 Å². The molecule has 1 fully saturated rings. The molecular weight excluding hydrogens is 323 g/mol. The normalized spacial score (nSPS) is 23.3. The van der Waals surface area contributed by atoms with Crippen LogP contribution in [0, 0.1) is 0 Å². The lowest BCUT2D eigenvalue weighted by Gasteiger charge is -2.33. The van der Waals surface area contributed by atoms with E-state index in [0.717, 1.165) is 4.90 Å². The van der Waals surface area contributed by atoms with Crippen molar-refractivity contribution in [3.05, 3.63) is 23.0 Å². The fraction of sp³-hybridized carbons (Fsp3) is 0.533. The molecule has 0 aromatic carbocycles. The van der Waals surface area contributed by atoms with Crippen LogP contribution in [0.25, 0.3) is 0 Å². The van der Waals surface area contributed by atoms with Crippen LogP contribution in [0.2, 0.25) is 0 Å². The molecule has 0 spiro atoms. The number of amides is 1. The molecule has 2 heterocycles. The van der Waals surface area contributed by atoms with Crippen molar-refractivity contribution in [2.45, 2.75) is 26.6 Å². The van der Waals surface area contributed by atoms with E-state index in [0.29, 0.717) is 19.6 Å². The summed E-state index contributed by atoms with van der Waals surface area (Å²) in [5.74, 6) is -3.00. The number of amidine groups is 1. The highest BCUT2D eigenvalue weighted by Gasteiger charge is 2.41. The third-order valence-electron chi connectivity index (χ3n) is 3.52. The van der Waals surface area contributed by atoms with E-state index in [1.54, 1.807) is 6.92 Å². The molecule has 1 amide bonds. The van der Waals surface area contributed by atoms with Gasteiger partial charge in [0.2, 0.25) is 0 Å². The quantitative estimate of drug-likeness (QED) is 0.609. The summed E-state index contributed by atoms with van der Waals surface area (Å²) in [6, 6.07) is 0. The van der Waals surface area contributed by atoms with Crippen molar-refractivity contribution < 1.29 is 33.4 Å². The van der Waals surface area contributed by atoms with Gasteiger partial charge in [-0.15, -0.1) is 0 Å². The molecule has 1 saturated heterocycles. The maximum Gasteiger partial charge on any atom is 0.347 e. The van der Waals surface area contributed by atoms with Gasteiger partial charge in [-0.2, -0.15) is 0 Å². The lowest BCUT2D eigenvalue weighted by atomic mass is 10.0.